The molecule has 29 heavy (non-hydrogen) atoms. The zero-order valence-corrected chi connectivity index (χ0v) is 17.0. The van der Waals surface area contributed by atoms with Crippen molar-refractivity contribution in [3.63, 3.8) is 0 Å². The Balaban J connectivity index is 1.45. The van der Waals surface area contributed by atoms with Crippen molar-refractivity contribution in [2.75, 3.05) is 6.54 Å². The first kappa shape index (κ1) is 18.6. The second-order valence-corrected chi connectivity index (χ2v) is 9.82. The number of hydrogen-bond donors (Lipinski definition) is 2. The van der Waals surface area contributed by atoms with Crippen LogP contribution in [0.15, 0.2) is 48.5 Å². The third kappa shape index (κ3) is 2.78. The summed E-state index contributed by atoms with van der Waals surface area (Å²) in [4.78, 5) is 15.4. The van der Waals surface area contributed by atoms with E-state index < -0.39 is 0 Å². The number of hydrogen-bond acceptors (Lipinski definition) is 2. The van der Waals surface area contributed by atoms with Crippen LogP contribution < -0.4 is 11.1 Å². The van der Waals surface area contributed by atoms with Gasteiger partial charge in [-0.25, -0.2) is 9.18 Å². The maximum Gasteiger partial charge on any atom is 0.318 e. The van der Waals surface area contributed by atoms with Crippen LogP contribution >= 0.6 is 0 Å². The third-order valence-electron chi connectivity index (χ3n) is 7.55. The van der Waals surface area contributed by atoms with E-state index in [2.05, 4.69) is 31.3 Å². The minimum atomic E-state index is -0.310. The first-order chi connectivity index (χ1) is 13.7. The summed E-state index contributed by atoms with van der Waals surface area (Å²) < 4.78 is 13.5. The molecule has 2 aromatic carbocycles. The van der Waals surface area contributed by atoms with Gasteiger partial charge in [-0.1, -0.05) is 36.4 Å². The molecule has 0 radical (unpaired) electrons. The van der Waals surface area contributed by atoms with Crippen LogP contribution in [0.4, 0.5) is 9.18 Å². The van der Waals surface area contributed by atoms with Crippen molar-refractivity contribution in [2.24, 2.45) is 11.1 Å². The van der Waals surface area contributed by atoms with E-state index in [1.165, 1.54) is 17.7 Å². The van der Waals surface area contributed by atoms with Crippen LogP contribution in [0, 0.1) is 11.2 Å². The number of halogens is 1. The number of nitrogens with one attached hydrogen (secondary N) is 1. The van der Waals surface area contributed by atoms with Gasteiger partial charge >= 0.3 is 6.03 Å². The number of nitrogens with zero attached hydrogens (tertiary/aromatic N) is 1. The van der Waals surface area contributed by atoms with E-state index in [1.54, 1.807) is 12.1 Å². The van der Waals surface area contributed by atoms with Crippen LogP contribution in [0.25, 0.3) is 0 Å². The molecule has 4 nitrogen and oxygen atoms in total. The lowest BCUT2D eigenvalue weighted by Gasteiger charge is -2.74. The molecule has 1 unspecified atom stereocenters. The Morgan fingerprint density at radius 1 is 1.14 bits per heavy atom. The van der Waals surface area contributed by atoms with E-state index in [4.69, 9.17) is 5.73 Å². The Hall–Kier alpha value is -2.40. The van der Waals surface area contributed by atoms with Gasteiger partial charge in [0.2, 0.25) is 0 Å². The van der Waals surface area contributed by atoms with Crippen molar-refractivity contribution in [2.45, 2.75) is 56.7 Å². The van der Waals surface area contributed by atoms with Crippen LogP contribution in [0.3, 0.4) is 0 Å². The molecule has 152 valence electrons. The minimum Gasteiger partial charge on any atom is -0.333 e. The Labute approximate surface area is 171 Å². The lowest BCUT2D eigenvalue weighted by molar-refractivity contribution is -0.179. The summed E-state index contributed by atoms with van der Waals surface area (Å²) in [5, 5.41) is 3.32. The van der Waals surface area contributed by atoms with E-state index in [0.29, 0.717) is 6.54 Å². The first-order valence-electron chi connectivity index (χ1n) is 10.4. The van der Waals surface area contributed by atoms with E-state index in [9.17, 15) is 9.18 Å². The Morgan fingerprint density at radius 2 is 1.79 bits per heavy atom. The number of amides is 2. The maximum absolute atomic E-state index is 13.5. The highest BCUT2D eigenvalue weighted by Crippen LogP contribution is 2.70. The number of nitrogens with two attached hydrogens (primary N) is 1. The van der Waals surface area contributed by atoms with Crippen LogP contribution in [0.2, 0.25) is 0 Å². The highest BCUT2D eigenvalue weighted by Gasteiger charge is 2.71. The van der Waals surface area contributed by atoms with Crippen molar-refractivity contribution in [1.29, 1.82) is 0 Å². The van der Waals surface area contributed by atoms with Crippen molar-refractivity contribution < 1.29 is 9.18 Å². The van der Waals surface area contributed by atoms with Gasteiger partial charge in [0.05, 0.1) is 6.04 Å². The molecule has 3 N–H and O–H groups in total. The zero-order valence-electron chi connectivity index (χ0n) is 17.0. The standard InChI is InChI=1S/C24H28FN3O/c1-22(2,23-13-24(26,14-23)15-23)27-21(29)28-12-11-16-5-3-4-6-19(16)20(28)17-7-9-18(25)10-8-17/h3-10,20H,11-15,26H2,1-2H3,(H,27,29). The van der Waals surface area contributed by atoms with Gasteiger partial charge in [0.15, 0.2) is 0 Å². The van der Waals surface area contributed by atoms with Gasteiger partial charge in [0.1, 0.15) is 5.82 Å². The predicted octanol–water partition coefficient (Wildman–Crippen LogP) is 4.14. The summed E-state index contributed by atoms with van der Waals surface area (Å²) in [6, 6.07) is 14.5. The largest absolute Gasteiger partial charge is 0.333 e. The molecule has 2 amide bonds. The van der Waals surface area contributed by atoms with E-state index in [0.717, 1.165) is 36.8 Å². The number of urea groups is 1. The molecule has 0 aromatic heterocycles. The van der Waals surface area contributed by atoms with E-state index >= 15 is 0 Å². The molecule has 3 fully saturated rings. The lowest BCUT2D eigenvalue weighted by Crippen LogP contribution is -2.81. The molecule has 0 saturated heterocycles. The maximum atomic E-state index is 13.5. The second-order valence-electron chi connectivity index (χ2n) is 9.82. The van der Waals surface area contributed by atoms with Gasteiger partial charge < -0.3 is 16.0 Å². The summed E-state index contributed by atoms with van der Waals surface area (Å²) >= 11 is 0. The van der Waals surface area contributed by atoms with Crippen molar-refractivity contribution in [3.05, 3.63) is 71.0 Å². The molecule has 3 saturated carbocycles. The molecule has 6 rings (SSSR count). The molecule has 2 bridgehead atoms. The number of carbonyl (C=O) groups is 1. The Bertz CT molecular complexity index is 949. The van der Waals surface area contributed by atoms with Gasteiger partial charge in [-0.3, -0.25) is 0 Å². The molecule has 1 atom stereocenters. The van der Waals surface area contributed by atoms with Gasteiger partial charge in [-0.05, 0) is 73.8 Å². The zero-order chi connectivity index (χ0) is 20.4. The fourth-order valence-electron chi connectivity index (χ4n) is 5.79. The second kappa shape index (κ2) is 6.05. The Morgan fingerprint density at radius 3 is 2.45 bits per heavy atom. The predicted molar refractivity (Wildman–Crippen MR) is 111 cm³/mol. The van der Waals surface area contributed by atoms with Crippen LogP contribution in [0.1, 0.15) is 55.8 Å². The summed E-state index contributed by atoms with van der Waals surface area (Å²) in [5.74, 6) is -0.269. The fraction of sp³-hybridized carbons (Fsp3) is 0.458. The summed E-state index contributed by atoms with van der Waals surface area (Å²) in [7, 11) is 0. The van der Waals surface area contributed by atoms with Gasteiger partial charge in [0.25, 0.3) is 0 Å². The molecule has 5 heteroatoms. The Kier molecular flexibility index (Phi) is 3.88. The monoisotopic (exact) mass is 393 g/mol. The van der Waals surface area contributed by atoms with Crippen molar-refractivity contribution in [3.8, 4) is 0 Å². The minimum absolute atomic E-state index is 0.00269. The van der Waals surface area contributed by atoms with Crippen molar-refractivity contribution >= 4 is 6.03 Å². The topological polar surface area (TPSA) is 58.4 Å². The average Bonchev–Trinajstić information content (AvgIpc) is 2.64. The highest BCUT2D eigenvalue weighted by molar-refractivity contribution is 5.77. The fourth-order valence-corrected chi connectivity index (χ4v) is 5.79. The van der Waals surface area contributed by atoms with Crippen molar-refractivity contribution in [1.82, 2.24) is 10.2 Å². The first-order valence-corrected chi connectivity index (χ1v) is 10.4. The van der Waals surface area contributed by atoms with Gasteiger partial charge in [-0.2, -0.15) is 0 Å². The molecular weight excluding hydrogens is 365 g/mol. The SMILES string of the molecule is CC(C)(NC(=O)N1CCc2ccccc2C1c1ccc(F)cc1)C12CC(N)(C1)C2. The highest BCUT2D eigenvalue weighted by atomic mass is 19.1. The molecule has 2 aromatic rings. The smallest absolute Gasteiger partial charge is 0.318 e. The third-order valence-corrected chi connectivity index (χ3v) is 7.55. The number of benzene rings is 2. The molecular formula is C24H28FN3O. The number of rotatable bonds is 3. The molecule has 3 aliphatic carbocycles. The molecule has 1 heterocycles. The number of fused-ring (bicyclic) bond motifs is 1. The van der Waals surface area contributed by atoms with Crippen LogP contribution in [0.5, 0.6) is 0 Å². The number of carbonyl (C=O) groups excluding carboxylic acids is 1. The molecule has 4 aliphatic rings. The molecule has 0 spiro atoms. The van der Waals surface area contributed by atoms with E-state index in [-0.39, 0.29) is 34.4 Å². The summed E-state index contributed by atoms with van der Waals surface area (Å²) in [6.45, 7) is 4.87. The molecule has 1 aliphatic heterocycles. The van der Waals surface area contributed by atoms with Gasteiger partial charge in [0, 0.05) is 17.6 Å². The quantitative estimate of drug-likeness (QED) is 0.823. The average molecular weight is 394 g/mol. The summed E-state index contributed by atoms with van der Waals surface area (Å²) in [6.07, 6.45) is 3.77. The summed E-state index contributed by atoms with van der Waals surface area (Å²) in [5.41, 5.74) is 9.36. The normalized spacial score (nSPS) is 30.1. The van der Waals surface area contributed by atoms with Crippen LogP contribution in [-0.2, 0) is 6.42 Å². The lowest BCUT2D eigenvalue weighted by atomic mass is 9.34. The van der Waals surface area contributed by atoms with Gasteiger partial charge in [-0.15, -0.1) is 0 Å². The van der Waals surface area contributed by atoms with E-state index in [1.807, 2.05) is 17.0 Å². The van der Waals surface area contributed by atoms with Crippen LogP contribution in [-0.4, -0.2) is 28.6 Å².